The van der Waals surface area contributed by atoms with E-state index in [2.05, 4.69) is 15.5 Å². The first-order chi connectivity index (χ1) is 6.70. The monoisotopic (exact) mass is 197 g/mol. The second-order valence-corrected chi connectivity index (χ2v) is 3.90. The third-order valence-corrected chi connectivity index (χ3v) is 3.01. The van der Waals surface area contributed by atoms with Gasteiger partial charge in [-0.3, -0.25) is 19.8 Å². The number of amides is 2. The maximum absolute atomic E-state index is 11.4. The Hall–Kier alpha value is -0.940. The number of nitrogens with zero attached hydrogens (tertiary/aromatic N) is 1. The van der Waals surface area contributed by atoms with Crippen LogP contribution in [-0.2, 0) is 9.59 Å². The van der Waals surface area contributed by atoms with Crippen molar-refractivity contribution < 1.29 is 9.59 Å². The molecule has 2 saturated heterocycles. The maximum atomic E-state index is 11.4. The molecule has 2 aliphatic rings. The number of hydrogen-bond donors (Lipinski definition) is 2. The van der Waals surface area contributed by atoms with Crippen molar-refractivity contribution in [3.05, 3.63) is 0 Å². The molecule has 0 saturated carbocycles. The molecule has 0 aromatic carbocycles. The first-order valence-electron chi connectivity index (χ1n) is 4.95. The van der Waals surface area contributed by atoms with Crippen LogP contribution >= 0.6 is 0 Å². The van der Waals surface area contributed by atoms with Gasteiger partial charge in [0, 0.05) is 19.1 Å². The number of likely N-dealkylation sites (tertiary alicyclic amines) is 1. The fourth-order valence-corrected chi connectivity index (χ4v) is 2.14. The highest BCUT2D eigenvalue weighted by Gasteiger charge is 2.38. The van der Waals surface area contributed by atoms with Gasteiger partial charge in [-0.1, -0.05) is 0 Å². The van der Waals surface area contributed by atoms with Gasteiger partial charge in [0.25, 0.3) is 0 Å². The first-order valence-corrected chi connectivity index (χ1v) is 4.95. The average molecular weight is 197 g/mol. The molecule has 2 aliphatic heterocycles. The maximum Gasteiger partial charge on any atom is 0.244 e. The lowest BCUT2D eigenvalue weighted by atomic mass is 10.2. The Morgan fingerprint density at radius 2 is 2.29 bits per heavy atom. The minimum atomic E-state index is -0.221. The molecule has 0 radical (unpaired) electrons. The second-order valence-electron chi connectivity index (χ2n) is 3.90. The second kappa shape index (κ2) is 3.67. The Morgan fingerprint density at radius 1 is 1.50 bits per heavy atom. The summed E-state index contributed by atoms with van der Waals surface area (Å²) in [6.07, 6.45) is 1.38. The Morgan fingerprint density at radius 3 is 2.79 bits per heavy atom. The van der Waals surface area contributed by atoms with Gasteiger partial charge in [0.2, 0.25) is 11.8 Å². The number of carbonyl (C=O) groups excluding carboxylic acids is 2. The van der Waals surface area contributed by atoms with Crippen molar-refractivity contribution in [2.45, 2.75) is 24.9 Å². The van der Waals surface area contributed by atoms with Crippen molar-refractivity contribution in [3.63, 3.8) is 0 Å². The van der Waals surface area contributed by atoms with E-state index in [4.69, 9.17) is 0 Å². The number of nitrogens with one attached hydrogen (secondary N) is 2. The zero-order valence-corrected chi connectivity index (χ0v) is 8.25. The van der Waals surface area contributed by atoms with Crippen molar-refractivity contribution in [2.75, 3.05) is 20.1 Å². The Bertz CT molecular complexity index is 267. The molecule has 2 N–H and O–H groups in total. The van der Waals surface area contributed by atoms with Crippen LogP contribution in [0.15, 0.2) is 0 Å². The van der Waals surface area contributed by atoms with Crippen molar-refractivity contribution in [1.82, 2.24) is 15.5 Å². The molecule has 5 nitrogen and oxygen atoms in total. The lowest BCUT2D eigenvalue weighted by Crippen LogP contribution is -2.40. The van der Waals surface area contributed by atoms with E-state index in [0.29, 0.717) is 12.5 Å². The molecule has 2 heterocycles. The fourth-order valence-electron chi connectivity index (χ4n) is 2.14. The van der Waals surface area contributed by atoms with Crippen LogP contribution < -0.4 is 10.6 Å². The summed E-state index contributed by atoms with van der Waals surface area (Å²) in [6.45, 7) is 1.76. The molecule has 78 valence electrons. The van der Waals surface area contributed by atoms with Crippen molar-refractivity contribution in [2.24, 2.45) is 0 Å². The van der Waals surface area contributed by atoms with Gasteiger partial charge in [-0.05, 0) is 13.5 Å². The normalized spacial score (nSPS) is 33.8. The SMILES string of the molecule is CNC1CCN(C2CC(=O)NC2=O)C1. The molecule has 2 unspecified atom stereocenters. The van der Waals surface area contributed by atoms with E-state index >= 15 is 0 Å². The molecule has 2 amide bonds. The van der Waals surface area contributed by atoms with Gasteiger partial charge in [-0.2, -0.15) is 0 Å². The van der Waals surface area contributed by atoms with Crippen LogP contribution in [0, 0.1) is 0 Å². The van der Waals surface area contributed by atoms with Gasteiger partial charge in [-0.25, -0.2) is 0 Å². The molecule has 5 heteroatoms. The summed E-state index contributed by atoms with van der Waals surface area (Å²) in [7, 11) is 1.92. The summed E-state index contributed by atoms with van der Waals surface area (Å²) in [5, 5.41) is 5.52. The van der Waals surface area contributed by atoms with Crippen LogP contribution in [0.4, 0.5) is 0 Å². The van der Waals surface area contributed by atoms with E-state index in [-0.39, 0.29) is 17.9 Å². The van der Waals surface area contributed by atoms with E-state index in [1.165, 1.54) is 0 Å². The molecular formula is C9H15N3O2. The number of likely N-dealkylation sites (N-methyl/N-ethyl adjacent to an activating group) is 1. The molecule has 0 aromatic heterocycles. The zero-order chi connectivity index (χ0) is 10.1. The molecular weight excluding hydrogens is 182 g/mol. The third kappa shape index (κ3) is 1.65. The number of rotatable bonds is 2. The quantitative estimate of drug-likeness (QED) is 0.540. The molecule has 14 heavy (non-hydrogen) atoms. The molecule has 2 fully saturated rings. The standard InChI is InChI=1S/C9H15N3O2/c1-10-6-2-3-12(5-6)7-4-8(13)11-9(7)14/h6-7,10H,2-5H2,1H3,(H,11,13,14). The van der Waals surface area contributed by atoms with Crippen LogP contribution in [0.25, 0.3) is 0 Å². The lowest BCUT2D eigenvalue weighted by Gasteiger charge is -2.20. The van der Waals surface area contributed by atoms with Crippen LogP contribution in [0.5, 0.6) is 0 Å². The topological polar surface area (TPSA) is 61.4 Å². The third-order valence-electron chi connectivity index (χ3n) is 3.01. The fraction of sp³-hybridized carbons (Fsp3) is 0.778. The number of hydrogen-bond acceptors (Lipinski definition) is 4. The molecule has 0 bridgehead atoms. The smallest absolute Gasteiger partial charge is 0.244 e. The minimum absolute atomic E-state index is 0.133. The van der Waals surface area contributed by atoms with E-state index in [9.17, 15) is 9.59 Å². The summed E-state index contributed by atoms with van der Waals surface area (Å²) < 4.78 is 0. The highest BCUT2D eigenvalue weighted by molar-refractivity contribution is 6.05. The molecule has 2 atom stereocenters. The molecule has 0 aromatic rings. The van der Waals surface area contributed by atoms with Crippen LogP contribution in [0.2, 0.25) is 0 Å². The van der Waals surface area contributed by atoms with E-state index < -0.39 is 0 Å². The first kappa shape index (κ1) is 9.61. The molecule has 2 rings (SSSR count). The molecule has 0 spiro atoms. The minimum Gasteiger partial charge on any atom is -0.316 e. The van der Waals surface area contributed by atoms with Crippen molar-refractivity contribution in [3.8, 4) is 0 Å². The average Bonchev–Trinajstić information content (AvgIpc) is 2.71. The van der Waals surface area contributed by atoms with Gasteiger partial charge >= 0.3 is 0 Å². The summed E-state index contributed by atoms with van der Waals surface area (Å²) in [5.41, 5.74) is 0. The van der Waals surface area contributed by atoms with Crippen LogP contribution in [-0.4, -0.2) is 48.9 Å². The summed E-state index contributed by atoms with van der Waals surface area (Å²) >= 11 is 0. The Balaban J connectivity index is 1.96. The van der Waals surface area contributed by atoms with Crippen LogP contribution in [0.3, 0.4) is 0 Å². The molecule has 0 aliphatic carbocycles. The summed E-state index contributed by atoms with van der Waals surface area (Å²) in [6, 6.07) is 0.236. The van der Waals surface area contributed by atoms with Gasteiger partial charge in [0.1, 0.15) is 0 Å². The van der Waals surface area contributed by atoms with Crippen LogP contribution in [0.1, 0.15) is 12.8 Å². The lowest BCUT2D eigenvalue weighted by molar-refractivity contribution is -0.126. The number of carbonyl (C=O) groups is 2. The van der Waals surface area contributed by atoms with E-state index in [1.807, 2.05) is 7.05 Å². The Labute approximate surface area is 82.8 Å². The summed E-state index contributed by atoms with van der Waals surface area (Å²) in [5.74, 6) is -0.278. The highest BCUT2D eigenvalue weighted by Crippen LogP contribution is 2.17. The van der Waals surface area contributed by atoms with Gasteiger partial charge in [0.05, 0.1) is 12.5 Å². The van der Waals surface area contributed by atoms with Gasteiger partial charge in [0.15, 0.2) is 0 Å². The summed E-state index contributed by atoms with van der Waals surface area (Å²) in [4.78, 5) is 24.5. The zero-order valence-electron chi connectivity index (χ0n) is 8.25. The largest absolute Gasteiger partial charge is 0.316 e. The Kier molecular flexibility index (Phi) is 2.52. The van der Waals surface area contributed by atoms with E-state index in [0.717, 1.165) is 19.5 Å². The highest BCUT2D eigenvalue weighted by atomic mass is 16.2. The van der Waals surface area contributed by atoms with Gasteiger partial charge in [-0.15, -0.1) is 0 Å². The van der Waals surface area contributed by atoms with Crippen molar-refractivity contribution in [1.29, 1.82) is 0 Å². The predicted molar refractivity (Wildman–Crippen MR) is 50.6 cm³/mol. The number of imide groups is 1. The van der Waals surface area contributed by atoms with Crippen molar-refractivity contribution >= 4 is 11.8 Å². The predicted octanol–water partition coefficient (Wildman–Crippen LogP) is -1.30. The van der Waals surface area contributed by atoms with Gasteiger partial charge < -0.3 is 5.32 Å². The van der Waals surface area contributed by atoms with E-state index in [1.54, 1.807) is 0 Å².